The van der Waals surface area contributed by atoms with Crippen LogP contribution < -0.4 is 5.32 Å². The number of alkyl halides is 2. The molecule has 2 heterocycles. The van der Waals surface area contributed by atoms with Crippen LogP contribution in [-0.4, -0.2) is 31.1 Å². The van der Waals surface area contributed by atoms with Crippen LogP contribution in [0.5, 0.6) is 0 Å². The van der Waals surface area contributed by atoms with Crippen molar-refractivity contribution < 1.29 is 18.0 Å². The molecule has 0 fully saturated rings. The lowest BCUT2D eigenvalue weighted by Crippen LogP contribution is -2.21. The molecule has 7 nitrogen and oxygen atoms in total. The molecule has 1 amide bonds. The number of hydrogen-bond donors (Lipinski definition) is 2. The van der Waals surface area contributed by atoms with Crippen molar-refractivity contribution in [2.24, 2.45) is 0 Å². The second-order valence-electron chi connectivity index (χ2n) is 8.19. The van der Waals surface area contributed by atoms with Gasteiger partial charge in [0, 0.05) is 27.4 Å². The summed E-state index contributed by atoms with van der Waals surface area (Å²) in [7, 11) is 0. The molecular weight excluding hydrogens is 505 g/mol. The third-order valence-corrected chi connectivity index (χ3v) is 5.87. The minimum absolute atomic E-state index is 0.00764. The SMILES string of the molecule is O=C(Nc1ccc(F)c(-c2cn(CC(F)(F)c3ccc(Cl)cc3)nn2)c1)c1[nH]ncc1-c1ccccc1. The van der Waals surface area contributed by atoms with Gasteiger partial charge in [-0.3, -0.25) is 9.89 Å². The fourth-order valence-corrected chi connectivity index (χ4v) is 3.90. The van der Waals surface area contributed by atoms with Gasteiger partial charge in [-0.1, -0.05) is 59.3 Å². The molecule has 5 rings (SSSR count). The Morgan fingerprint density at radius 1 is 1.03 bits per heavy atom. The van der Waals surface area contributed by atoms with Crippen LogP contribution in [0.1, 0.15) is 16.1 Å². The number of carbonyl (C=O) groups excluding carboxylic acids is 1. The van der Waals surface area contributed by atoms with Crippen molar-refractivity contribution in [1.29, 1.82) is 0 Å². The molecule has 186 valence electrons. The van der Waals surface area contributed by atoms with Crippen LogP contribution in [0.15, 0.2) is 85.2 Å². The average molecular weight is 523 g/mol. The van der Waals surface area contributed by atoms with Gasteiger partial charge in [-0.2, -0.15) is 13.9 Å². The average Bonchev–Trinajstić information content (AvgIpc) is 3.56. The molecular formula is C26H18ClF3N6O. The highest BCUT2D eigenvalue weighted by Crippen LogP contribution is 2.32. The summed E-state index contributed by atoms with van der Waals surface area (Å²) in [5.74, 6) is -4.40. The third kappa shape index (κ3) is 5.24. The predicted octanol–water partition coefficient (Wildman–Crippen LogP) is 6.17. The number of hydrogen-bond acceptors (Lipinski definition) is 4. The fourth-order valence-electron chi connectivity index (χ4n) is 3.78. The quantitative estimate of drug-likeness (QED) is 0.267. The van der Waals surface area contributed by atoms with E-state index in [2.05, 4.69) is 25.8 Å². The molecule has 0 saturated carbocycles. The van der Waals surface area contributed by atoms with Crippen molar-refractivity contribution in [3.63, 3.8) is 0 Å². The monoisotopic (exact) mass is 522 g/mol. The molecule has 0 atom stereocenters. The molecule has 0 aliphatic carbocycles. The molecule has 0 radical (unpaired) electrons. The number of nitrogens with zero attached hydrogens (tertiary/aromatic N) is 4. The van der Waals surface area contributed by atoms with Gasteiger partial charge in [0.05, 0.1) is 12.4 Å². The first-order chi connectivity index (χ1) is 17.8. The largest absolute Gasteiger partial charge is 0.321 e. The molecule has 37 heavy (non-hydrogen) atoms. The van der Waals surface area contributed by atoms with E-state index in [4.69, 9.17) is 11.6 Å². The van der Waals surface area contributed by atoms with E-state index < -0.39 is 24.2 Å². The third-order valence-electron chi connectivity index (χ3n) is 5.62. The van der Waals surface area contributed by atoms with Crippen molar-refractivity contribution in [1.82, 2.24) is 25.2 Å². The van der Waals surface area contributed by atoms with E-state index in [9.17, 15) is 18.0 Å². The van der Waals surface area contributed by atoms with Crippen LogP contribution in [0.3, 0.4) is 0 Å². The number of aromatic amines is 1. The Labute approximate surface area is 213 Å². The lowest BCUT2D eigenvalue weighted by molar-refractivity contribution is -0.0258. The molecule has 0 unspecified atom stereocenters. The number of carbonyl (C=O) groups is 1. The fraction of sp³-hybridized carbons (Fsp3) is 0.0769. The number of benzene rings is 3. The van der Waals surface area contributed by atoms with Crippen LogP contribution in [0, 0.1) is 5.82 Å². The summed E-state index contributed by atoms with van der Waals surface area (Å²) in [5, 5.41) is 17.3. The van der Waals surface area contributed by atoms with Gasteiger partial charge in [0.2, 0.25) is 0 Å². The molecule has 3 aromatic carbocycles. The van der Waals surface area contributed by atoms with Crippen molar-refractivity contribution in [2.75, 3.05) is 5.32 Å². The Balaban J connectivity index is 1.35. The first kappa shape index (κ1) is 24.3. The van der Waals surface area contributed by atoms with Crippen LogP contribution in [0.4, 0.5) is 18.9 Å². The van der Waals surface area contributed by atoms with E-state index in [1.165, 1.54) is 42.6 Å². The summed E-state index contributed by atoms with van der Waals surface area (Å²) in [6.07, 6.45) is 2.76. The van der Waals surface area contributed by atoms with Crippen molar-refractivity contribution in [2.45, 2.75) is 12.5 Å². The molecule has 0 bridgehead atoms. The highest BCUT2D eigenvalue weighted by atomic mass is 35.5. The lowest BCUT2D eigenvalue weighted by Gasteiger charge is -2.16. The zero-order chi connectivity index (χ0) is 26.0. The summed E-state index contributed by atoms with van der Waals surface area (Å²) in [5.41, 5.74) is 1.69. The molecule has 2 N–H and O–H groups in total. The maximum absolute atomic E-state index is 14.7. The Hall–Kier alpha value is -4.44. The Morgan fingerprint density at radius 2 is 1.78 bits per heavy atom. The number of amides is 1. The van der Waals surface area contributed by atoms with Crippen molar-refractivity contribution in [3.05, 3.63) is 107 Å². The Morgan fingerprint density at radius 3 is 2.54 bits per heavy atom. The maximum atomic E-state index is 14.7. The second kappa shape index (κ2) is 9.90. The van der Waals surface area contributed by atoms with Gasteiger partial charge in [0.1, 0.15) is 23.7 Å². The Bertz CT molecular complexity index is 1550. The standard InChI is InChI=1S/C26H18ClF3N6O/c27-18-8-6-17(7-9-18)26(29,30)15-36-14-23(33-35-36)20-12-19(10-11-22(20)28)32-25(37)24-21(13-31-34-24)16-4-2-1-3-5-16/h1-14H,15H2,(H,31,34)(H,32,37). The van der Waals surface area contributed by atoms with E-state index in [1.54, 1.807) is 6.20 Å². The summed E-state index contributed by atoms with van der Waals surface area (Å²) < 4.78 is 45.0. The van der Waals surface area contributed by atoms with E-state index in [0.29, 0.717) is 10.6 Å². The first-order valence-corrected chi connectivity index (χ1v) is 11.4. The van der Waals surface area contributed by atoms with Gasteiger partial charge in [-0.05, 0) is 35.9 Å². The van der Waals surface area contributed by atoms with Gasteiger partial charge in [-0.25, -0.2) is 9.07 Å². The van der Waals surface area contributed by atoms with Crippen LogP contribution in [-0.2, 0) is 12.5 Å². The molecule has 0 aliphatic rings. The zero-order valence-electron chi connectivity index (χ0n) is 19.0. The highest BCUT2D eigenvalue weighted by molar-refractivity contribution is 6.30. The number of H-pyrrole nitrogens is 1. The molecule has 11 heteroatoms. The molecule has 2 aromatic heterocycles. The molecule has 0 spiro atoms. The summed E-state index contributed by atoms with van der Waals surface area (Å²) in [4.78, 5) is 12.9. The van der Waals surface area contributed by atoms with Gasteiger partial charge in [-0.15, -0.1) is 5.10 Å². The van der Waals surface area contributed by atoms with E-state index in [-0.39, 0.29) is 28.2 Å². The predicted molar refractivity (Wildman–Crippen MR) is 133 cm³/mol. The molecule has 0 aliphatic heterocycles. The minimum atomic E-state index is -3.26. The van der Waals surface area contributed by atoms with Crippen LogP contribution >= 0.6 is 11.6 Å². The zero-order valence-corrected chi connectivity index (χ0v) is 19.8. The summed E-state index contributed by atoms with van der Waals surface area (Å²) in [6.45, 7) is -0.804. The first-order valence-electron chi connectivity index (χ1n) is 11.0. The second-order valence-corrected chi connectivity index (χ2v) is 8.62. The Kier molecular flexibility index (Phi) is 6.49. The minimum Gasteiger partial charge on any atom is -0.321 e. The van der Waals surface area contributed by atoms with Gasteiger partial charge in [0.25, 0.3) is 11.8 Å². The topological polar surface area (TPSA) is 88.5 Å². The smallest absolute Gasteiger partial charge is 0.292 e. The highest BCUT2D eigenvalue weighted by Gasteiger charge is 2.33. The van der Waals surface area contributed by atoms with E-state index in [1.807, 2.05) is 30.3 Å². The number of halogens is 4. The maximum Gasteiger partial charge on any atom is 0.292 e. The van der Waals surface area contributed by atoms with Crippen molar-refractivity contribution >= 4 is 23.2 Å². The van der Waals surface area contributed by atoms with Crippen molar-refractivity contribution in [3.8, 4) is 22.4 Å². The lowest BCUT2D eigenvalue weighted by atomic mass is 10.1. The molecule has 5 aromatic rings. The van der Waals surface area contributed by atoms with E-state index >= 15 is 0 Å². The number of nitrogens with one attached hydrogen (secondary N) is 2. The van der Waals surface area contributed by atoms with E-state index in [0.717, 1.165) is 16.3 Å². The number of rotatable bonds is 7. The van der Waals surface area contributed by atoms with Gasteiger partial charge in [0.15, 0.2) is 0 Å². The van der Waals surface area contributed by atoms with Gasteiger partial charge < -0.3 is 5.32 Å². The van der Waals surface area contributed by atoms with Crippen LogP contribution in [0.25, 0.3) is 22.4 Å². The van der Waals surface area contributed by atoms with Gasteiger partial charge >= 0.3 is 0 Å². The van der Waals surface area contributed by atoms with Crippen LogP contribution in [0.2, 0.25) is 5.02 Å². The number of aromatic nitrogens is 5. The summed E-state index contributed by atoms with van der Waals surface area (Å²) in [6, 6.07) is 18.3. The number of anilines is 1. The normalized spacial score (nSPS) is 11.5. The summed E-state index contributed by atoms with van der Waals surface area (Å²) >= 11 is 5.78. The molecule has 0 saturated heterocycles.